The largest absolute Gasteiger partial charge is 0.371 e. The first-order valence-corrected chi connectivity index (χ1v) is 6.29. The molecule has 0 spiro atoms. The monoisotopic (exact) mass is 251 g/mol. The Balaban J connectivity index is 2.87. The molecule has 1 N–H and O–H groups in total. The fourth-order valence-corrected chi connectivity index (χ4v) is 1.41. The highest BCUT2D eigenvalue weighted by molar-refractivity contribution is 5.18. The van der Waals surface area contributed by atoms with Crippen LogP contribution in [-0.4, -0.2) is 22.6 Å². The van der Waals surface area contributed by atoms with Crippen LogP contribution in [0.5, 0.6) is 0 Å². The van der Waals surface area contributed by atoms with Gasteiger partial charge in [0.05, 0.1) is 0 Å². The molecule has 0 aliphatic heterocycles. The number of aromatic nitrogens is 2. The van der Waals surface area contributed by atoms with E-state index in [4.69, 9.17) is 4.74 Å². The lowest BCUT2D eigenvalue weighted by molar-refractivity contribution is 0.0113. The first-order chi connectivity index (χ1) is 8.15. The van der Waals surface area contributed by atoms with E-state index in [1.165, 1.54) is 0 Å². The first kappa shape index (κ1) is 15.1. The average molecular weight is 251 g/mol. The lowest BCUT2D eigenvalue weighted by Crippen LogP contribution is -2.35. The van der Waals surface area contributed by atoms with Crippen molar-refractivity contribution in [3.8, 4) is 0 Å². The van der Waals surface area contributed by atoms with Crippen molar-refractivity contribution in [1.29, 1.82) is 0 Å². The summed E-state index contributed by atoms with van der Waals surface area (Å²) in [5.74, 6) is 0.724. The van der Waals surface area contributed by atoms with Crippen molar-refractivity contribution in [1.82, 2.24) is 15.3 Å². The van der Waals surface area contributed by atoms with Gasteiger partial charge in [0.1, 0.15) is 5.60 Å². The first-order valence-electron chi connectivity index (χ1n) is 6.29. The van der Waals surface area contributed by atoms with E-state index in [9.17, 15) is 0 Å². The predicted molar refractivity (Wildman–Crippen MR) is 73.4 cm³/mol. The van der Waals surface area contributed by atoms with Crippen LogP contribution in [0.4, 0.5) is 0 Å². The van der Waals surface area contributed by atoms with Crippen molar-refractivity contribution in [3.05, 3.63) is 23.3 Å². The molecule has 18 heavy (non-hydrogen) atoms. The highest BCUT2D eigenvalue weighted by Crippen LogP contribution is 2.20. The van der Waals surface area contributed by atoms with Crippen LogP contribution < -0.4 is 5.32 Å². The minimum atomic E-state index is -0.444. The van der Waals surface area contributed by atoms with Gasteiger partial charge in [0.2, 0.25) is 0 Å². The van der Waals surface area contributed by atoms with Crippen molar-refractivity contribution < 1.29 is 4.74 Å². The zero-order valence-electron chi connectivity index (χ0n) is 12.6. The second-order valence-electron chi connectivity index (χ2n) is 6.12. The fraction of sp³-hybridized carbons (Fsp3) is 0.714. The molecule has 0 saturated carbocycles. The average Bonchev–Trinajstić information content (AvgIpc) is 2.26. The number of methoxy groups -OCH3 is 1. The van der Waals surface area contributed by atoms with E-state index in [0.29, 0.717) is 0 Å². The van der Waals surface area contributed by atoms with Gasteiger partial charge in [-0.05, 0) is 41.5 Å². The quantitative estimate of drug-likeness (QED) is 0.893. The van der Waals surface area contributed by atoms with Crippen LogP contribution in [0.3, 0.4) is 0 Å². The lowest BCUT2D eigenvalue weighted by Gasteiger charge is -2.23. The minimum absolute atomic E-state index is 0.0942. The van der Waals surface area contributed by atoms with Crippen LogP contribution in [0.2, 0.25) is 0 Å². The van der Waals surface area contributed by atoms with Crippen LogP contribution in [0.15, 0.2) is 6.20 Å². The van der Waals surface area contributed by atoms with Crippen LogP contribution >= 0.6 is 0 Å². The molecule has 0 aliphatic carbocycles. The zero-order valence-corrected chi connectivity index (χ0v) is 12.6. The maximum absolute atomic E-state index is 5.39. The number of aryl methyl sites for hydroxylation is 1. The molecule has 102 valence electrons. The van der Waals surface area contributed by atoms with Crippen molar-refractivity contribution in [2.75, 3.05) is 7.11 Å². The van der Waals surface area contributed by atoms with Gasteiger partial charge >= 0.3 is 0 Å². The summed E-state index contributed by atoms with van der Waals surface area (Å²) in [6.45, 7) is 13.2. The highest BCUT2D eigenvalue weighted by atomic mass is 16.5. The van der Waals surface area contributed by atoms with E-state index in [0.717, 1.165) is 23.6 Å². The normalized spacial score (nSPS) is 12.8. The molecule has 0 atom stereocenters. The van der Waals surface area contributed by atoms with Crippen LogP contribution in [0.1, 0.15) is 51.7 Å². The standard InChI is InChI=1S/C14H25N3O/c1-10-11(9-16-13(2,3)4)8-15-12(17-10)14(5,6)18-7/h8,16H,9H2,1-7H3. The van der Waals surface area contributed by atoms with E-state index >= 15 is 0 Å². The van der Waals surface area contributed by atoms with Gasteiger partial charge in [-0.1, -0.05) is 0 Å². The zero-order chi connectivity index (χ0) is 14.0. The molecule has 4 nitrogen and oxygen atoms in total. The van der Waals surface area contributed by atoms with Gasteiger partial charge in [0, 0.05) is 36.6 Å². The van der Waals surface area contributed by atoms with Gasteiger partial charge in [-0.3, -0.25) is 0 Å². The summed E-state index contributed by atoms with van der Waals surface area (Å²) < 4.78 is 5.39. The summed E-state index contributed by atoms with van der Waals surface area (Å²) in [4.78, 5) is 8.95. The lowest BCUT2D eigenvalue weighted by atomic mass is 10.1. The third kappa shape index (κ3) is 4.03. The van der Waals surface area contributed by atoms with E-state index in [1.54, 1.807) is 7.11 Å². The van der Waals surface area contributed by atoms with Gasteiger partial charge in [-0.25, -0.2) is 9.97 Å². The molecule has 0 unspecified atom stereocenters. The summed E-state index contributed by atoms with van der Waals surface area (Å²) >= 11 is 0. The highest BCUT2D eigenvalue weighted by Gasteiger charge is 2.23. The second kappa shape index (κ2) is 5.33. The van der Waals surface area contributed by atoms with E-state index in [-0.39, 0.29) is 5.54 Å². The third-order valence-electron chi connectivity index (χ3n) is 2.94. The number of nitrogens with one attached hydrogen (secondary N) is 1. The van der Waals surface area contributed by atoms with Crippen molar-refractivity contribution in [3.63, 3.8) is 0 Å². The molecule has 0 aliphatic rings. The molecule has 0 fully saturated rings. The fourth-order valence-electron chi connectivity index (χ4n) is 1.41. The summed E-state index contributed by atoms with van der Waals surface area (Å²) in [7, 11) is 1.67. The summed E-state index contributed by atoms with van der Waals surface area (Å²) in [6, 6.07) is 0. The molecular weight excluding hydrogens is 226 g/mol. The Hall–Kier alpha value is -1.00. The topological polar surface area (TPSA) is 47.0 Å². The summed E-state index contributed by atoms with van der Waals surface area (Å²) in [6.07, 6.45) is 1.89. The molecule has 1 aromatic heterocycles. The van der Waals surface area contributed by atoms with Crippen molar-refractivity contribution in [2.24, 2.45) is 0 Å². The van der Waals surface area contributed by atoms with Gasteiger partial charge < -0.3 is 10.1 Å². The van der Waals surface area contributed by atoms with Gasteiger partial charge in [0.25, 0.3) is 0 Å². The minimum Gasteiger partial charge on any atom is -0.371 e. The Bertz CT molecular complexity index is 408. The number of rotatable bonds is 4. The second-order valence-corrected chi connectivity index (χ2v) is 6.12. The van der Waals surface area contributed by atoms with Gasteiger partial charge in [0.15, 0.2) is 5.82 Å². The van der Waals surface area contributed by atoms with Crippen LogP contribution in [0, 0.1) is 6.92 Å². The molecule has 1 aromatic rings. The van der Waals surface area contributed by atoms with E-state index < -0.39 is 5.60 Å². The number of hydrogen-bond acceptors (Lipinski definition) is 4. The van der Waals surface area contributed by atoms with Crippen LogP contribution in [-0.2, 0) is 16.9 Å². The summed E-state index contributed by atoms with van der Waals surface area (Å²) in [5.41, 5.74) is 1.78. The third-order valence-corrected chi connectivity index (χ3v) is 2.94. The van der Waals surface area contributed by atoms with Crippen molar-refractivity contribution in [2.45, 2.75) is 59.2 Å². The molecule has 0 radical (unpaired) electrons. The number of ether oxygens (including phenoxy) is 1. The number of hydrogen-bond donors (Lipinski definition) is 1. The molecule has 0 bridgehead atoms. The number of nitrogens with zero attached hydrogens (tertiary/aromatic N) is 2. The maximum atomic E-state index is 5.39. The van der Waals surface area contributed by atoms with Crippen molar-refractivity contribution >= 4 is 0 Å². The maximum Gasteiger partial charge on any atom is 0.159 e. The van der Waals surface area contributed by atoms with Gasteiger partial charge in [-0.15, -0.1) is 0 Å². The Morgan fingerprint density at radius 3 is 2.28 bits per heavy atom. The Labute approximate surface area is 110 Å². The van der Waals surface area contributed by atoms with Gasteiger partial charge in [-0.2, -0.15) is 0 Å². The molecule has 1 rings (SSSR count). The Kier molecular flexibility index (Phi) is 4.46. The Morgan fingerprint density at radius 1 is 1.22 bits per heavy atom. The molecule has 0 aromatic carbocycles. The molecule has 0 amide bonds. The SMILES string of the molecule is COC(C)(C)c1ncc(CNC(C)(C)C)c(C)n1. The van der Waals surface area contributed by atoms with Crippen LogP contribution in [0.25, 0.3) is 0 Å². The van der Waals surface area contributed by atoms with E-state index in [1.807, 2.05) is 27.0 Å². The molecule has 0 saturated heterocycles. The summed E-state index contributed by atoms with van der Waals surface area (Å²) in [5, 5.41) is 3.44. The predicted octanol–water partition coefficient (Wildman–Crippen LogP) is 2.55. The molecular formula is C14H25N3O. The van der Waals surface area contributed by atoms with E-state index in [2.05, 4.69) is 36.1 Å². The Morgan fingerprint density at radius 2 is 1.83 bits per heavy atom. The smallest absolute Gasteiger partial charge is 0.159 e. The molecule has 4 heteroatoms. The molecule has 1 heterocycles.